The maximum Gasteiger partial charge on any atom is 0.295 e. The van der Waals surface area contributed by atoms with E-state index in [1.807, 2.05) is 66.7 Å². The van der Waals surface area contributed by atoms with Gasteiger partial charge < -0.3 is 20.3 Å². The van der Waals surface area contributed by atoms with Crippen LogP contribution in [0.2, 0.25) is 0 Å². The van der Waals surface area contributed by atoms with E-state index in [0.29, 0.717) is 47.0 Å². The van der Waals surface area contributed by atoms with Crippen molar-refractivity contribution in [1.82, 2.24) is 0 Å². The topological polar surface area (TPSA) is 119 Å². The molecule has 0 amide bonds. The molecule has 0 fully saturated rings. The van der Waals surface area contributed by atoms with E-state index in [-0.39, 0.29) is 10.6 Å². The average Bonchev–Trinajstić information content (AvgIpc) is 3.05. The molecule has 0 bridgehead atoms. The Morgan fingerprint density at radius 2 is 1.54 bits per heavy atom. The number of benzene rings is 4. The highest BCUT2D eigenvalue weighted by Gasteiger charge is 2.22. The lowest BCUT2D eigenvalue weighted by atomic mass is 9.90. The molecule has 7 nitrogen and oxygen atoms in total. The normalized spacial score (nSPS) is 12.3. The summed E-state index contributed by atoms with van der Waals surface area (Å²) < 4.78 is 47.0. The molecule has 1 unspecified atom stereocenters. The fourth-order valence-electron chi connectivity index (χ4n) is 5.17. The Bertz CT molecular complexity index is 1660. The van der Waals surface area contributed by atoms with Crippen LogP contribution in [0.4, 0.5) is 0 Å². The molecular formula is C37H45NO6S2. The van der Waals surface area contributed by atoms with E-state index in [9.17, 15) is 18.1 Å². The fraction of sp³-hybridized carbons (Fsp3) is 0.351. The third kappa shape index (κ3) is 10.1. The summed E-state index contributed by atoms with van der Waals surface area (Å²) in [5, 5.41) is 10.8. The monoisotopic (exact) mass is 663 g/mol. The number of phenolic OH excluding ortho intramolecular Hbond substituents is 1. The van der Waals surface area contributed by atoms with E-state index < -0.39 is 16.2 Å². The molecule has 0 aromatic heterocycles. The minimum Gasteiger partial charge on any atom is -0.508 e. The van der Waals surface area contributed by atoms with Gasteiger partial charge in [-0.25, -0.2) is 0 Å². The first-order chi connectivity index (χ1) is 22.2. The van der Waals surface area contributed by atoms with Gasteiger partial charge in [-0.15, -0.1) is 0 Å². The van der Waals surface area contributed by atoms with Crippen molar-refractivity contribution in [2.45, 2.75) is 86.1 Å². The third-order valence-electron chi connectivity index (χ3n) is 7.73. The molecule has 46 heavy (non-hydrogen) atoms. The molecule has 0 heterocycles. The Hall–Kier alpha value is -3.34. The molecule has 4 rings (SSSR count). The second-order valence-electron chi connectivity index (χ2n) is 11.3. The van der Waals surface area contributed by atoms with Crippen molar-refractivity contribution in [3.05, 3.63) is 102 Å². The van der Waals surface area contributed by atoms with Gasteiger partial charge in [-0.1, -0.05) is 94.1 Å². The molecule has 1 atom stereocenters. The lowest BCUT2D eigenvalue weighted by Crippen LogP contribution is -2.14. The Morgan fingerprint density at radius 1 is 0.804 bits per heavy atom. The predicted octanol–water partition coefficient (Wildman–Crippen LogP) is 9.17. The van der Waals surface area contributed by atoms with Crippen LogP contribution in [-0.2, 0) is 21.5 Å². The highest BCUT2D eigenvalue weighted by atomic mass is 32.2. The molecule has 0 saturated carbocycles. The van der Waals surface area contributed by atoms with E-state index in [2.05, 4.69) is 13.8 Å². The van der Waals surface area contributed by atoms with E-state index in [1.165, 1.54) is 37.1 Å². The minimum absolute atomic E-state index is 0.0674. The molecule has 9 heteroatoms. The SMILES string of the molecule is CCCCCCCOCc1ccc(O)c(C(N)c2ccccc2-c2ccc(Sc3ccc(OCCCC)cc3)c(S(=O)(=O)O)c2)c1. The van der Waals surface area contributed by atoms with Gasteiger partial charge in [-0.3, -0.25) is 4.55 Å². The van der Waals surface area contributed by atoms with Crippen LogP contribution in [0, 0.1) is 0 Å². The summed E-state index contributed by atoms with van der Waals surface area (Å²) in [5.41, 5.74) is 10.2. The Kier molecular flexibility index (Phi) is 13.5. The van der Waals surface area contributed by atoms with Crippen LogP contribution in [0.15, 0.2) is 99.6 Å². The van der Waals surface area contributed by atoms with Crippen molar-refractivity contribution < 1.29 is 27.6 Å². The van der Waals surface area contributed by atoms with Crippen molar-refractivity contribution in [2.24, 2.45) is 5.73 Å². The molecule has 4 aromatic carbocycles. The number of aromatic hydroxyl groups is 1. The number of rotatable bonds is 18. The van der Waals surface area contributed by atoms with Crippen molar-refractivity contribution in [3.63, 3.8) is 0 Å². The van der Waals surface area contributed by atoms with E-state index >= 15 is 0 Å². The second-order valence-corrected chi connectivity index (χ2v) is 13.8. The number of hydrogen-bond acceptors (Lipinski definition) is 7. The van der Waals surface area contributed by atoms with Gasteiger partial charge in [0, 0.05) is 22.0 Å². The largest absolute Gasteiger partial charge is 0.508 e. The molecule has 0 spiro atoms. The number of unbranched alkanes of at least 4 members (excludes halogenated alkanes) is 5. The van der Waals surface area contributed by atoms with Gasteiger partial charge in [0.1, 0.15) is 16.4 Å². The van der Waals surface area contributed by atoms with Crippen LogP contribution in [0.1, 0.15) is 81.5 Å². The smallest absolute Gasteiger partial charge is 0.295 e. The van der Waals surface area contributed by atoms with Crippen molar-refractivity contribution in [3.8, 4) is 22.6 Å². The molecule has 0 aliphatic carbocycles. The number of nitrogens with two attached hydrogens (primary N) is 1. The quantitative estimate of drug-likeness (QED) is 0.0712. The molecule has 0 radical (unpaired) electrons. The fourth-order valence-corrected chi connectivity index (χ4v) is 7.03. The maximum atomic E-state index is 12.6. The van der Waals surface area contributed by atoms with E-state index in [0.717, 1.165) is 41.9 Å². The molecule has 0 saturated heterocycles. The zero-order valence-electron chi connectivity index (χ0n) is 26.7. The highest BCUT2D eigenvalue weighted by molar-refractivity contribution is 8.00. The molecule has 4 N–H and O–H groups in total. The van der Waals surface area contributed by atoms with Gasteiger partial charge in [0.2, 0.25) is 0 Å². The van der Waals surface area contributed by atoms with Crippen LogP contribution in [-0.4, -0.2) is 31.3 Å². The minimum atomic E-state index is -4.55. The third-order valence-corrected chi connectivity index (χ3v) is 9.84. The van der Waals surface area contributed by atoms with Gasteiger partial charge >= 0.3 is 0 Å². The standard InChI is InChI=1S/C37H45NO6S2/c1-3-5-7-8-11-22-43-26-27-14-20-34(39)33(24-27)37(38)32-13-10-9-12-31(32)28-15-21-35(36(25-28)46(40,41)42)45-30-18-16-29(17-19-30)44-23-6-4-2/h9-10,12-21,24-25,37,39H,3-8,11,22-23,26,38H2,1-2H3,(H,40,41,42). The van der Waals surface area contributed by atoms with Gasteiger partial charge in [-0.05, 0) is 83.6 Å². The Labute approximate surface area is 277 Å². The van der Waals surface area contributed by atoms with Crippen LogP contribution < -0.4 is 10.5 Å². The van der Waals surface area contributed by atoms with E-state index in [1.54, 1.807) is 12.1 Å². The Morgan fingerprint density at radius 3 is 2.28 bits per heavy atom. The van der Waals surface area contributed by atoms with Gasteiger partial charge in [0.15, 0.2) is 0 Å². The maximum absolute atomic E-state index is 12.6. The predicted molar refractivity (Wildman–Crippen MR) is 185 cm³/mol. The molecule has 0 aliphatic rings. The van der Waals surface area contributed by atoms with Crippen molar-refractivity contribution in [1.29, 1.82) is 0 Å². The average molecular weight is 664 g/mol. The highest BCUT2D eigenvalue weighted by Crippen LogP contribution is 2.39. The van der Waals surface area contributed by atoms with Crippen molar-refractivity contribution >= 4 is 21.9 Å². The molecular weight excluding hydrogens is 619 g/mol. The first kappa shape index (κ1) is 35.5. The lowest BCUT2D eigenvalue weighted by Gasteiger charge is -2.20. The summed E-state index contributed by atoms with van der Waals surface area (Å²) in [4.78, 5) is 1.00. The summed E-state index contributed by atoms with van der Waals surface area (Å²) in [6.45, 7) is 6.03. The zero-order chi connectivity index (χ0) is 32.9. The summed E-state index contributed by atoms with van der Waals surface area (Å²) in [5.74, 6) is 0.816. The summed E-state index contributed by atoms with van der Waals surface area (Å²) in [6.07, 6.45) is 7.84. The summed E-state index contributed by atoms with van der Waals surface area (Å²) in [6, 6.07) is 24.4. The zero-order valence-corrected chi connectivity index (χ0v) is 28.3. The first-order valence-corrected chi connectivity index (χ1v) is 18.2. The van der Waals surface area contributed by atoms with Crippen molar-refractivity contribution in [2.75, 3.05) is 13.2 Å². The number of ether oxygens (including phenoxy) is 2. The van der Waals surface area contributed by atoms with Gasteiger partial charge in [-0.2, -0.15) is 8.42 Å². The lowest BCUT2D eigenvalue weighted by molar-refractivity contribution is 0.116. The number of phenols is 1. The van der Waals surface area contributed by atoms with E-state index in [4.69, 9.17) is 15.2 Å². The van der Waals surface area contributed by atoms with Gasteiger partial charge in [0.25, 0.3) is 10.1 Å². The number of hydrogen-bond donors (Lipinski definition) is 3. The van der Waals surface area contributed by atoms with Crippen LogP contribution in [0.25, 0.3) is 11.1 Å². The van der Waals surface area contributed by atoms with Crippen LogP contribution in [0.3, 0.4) is 0 Å². The molecule has 0 aliphatic heterocycles. The second kappa shape index (κ2) is 17.5. The summed E-state index contributed by atoms with van der Waals surface area (Å²) in [7, 11) is -4.55. The molecule has 246 valence electrons. The van der Waals surface area contributed by atoms with Crippen LogP contribution in [0.5, 0.6) is 11.5 Å². The first-order valence-electron chi connectivity index (χ1n) is 16.0. The summed E-state index contributed by atoms with van der Waals surface area (Å²) >= 11 is 1.24. The van der Waals surface area contributed by atoms with Crippen LogP contribution >= 0.6 is 11.8 Å². The molecule has 4 aromatic rings. The van der Waals surface area contributed by atoms with Gasteiger partial charge in [0.05, 0.1) is 19.3 Å². The Balaban J connectivity index is 1.55.